The number of benzene rings is 1. The monoisotopic (exact) mass is 312 g/mol. The molecule has 22 heavy (non-hydrogen) atoms. The first kappa shape index (κ1) is 17.2. The van der Waals surface area contributed by atoms with E-state index in [4.69, 9.17) is 5.11 Å². The van der Waals surface area contributed by atoms with Gasteiger partial charge in [-0.3, -0.25) is 9.59 Å². The molecule has 1 aromatic carbocycles. The van der Waals surface area contributed by atoms with Gasteiger partial charge in [0.15, 0.2) is 17.5 Å². The molecule has 0 saturated carbocycles. The van der Waals surface area contributed by atoms with Crippen molar-refractivity contribution in [2.75, 3.05) is 6.54 Å². The average molecular weight is 312 g/mol. The van der Waals surface area contributed by atoms with Crippen LogP contribution >= 0.6 is 0 Å². The van der Waals surface area contributed by atoms with Crippen LogP contribution in [-0.4, -0.2) is 56.9 Å². The van der Waals surface area contributed by atoms with E-state index in [0.29, 0.717) is 0 Å². The van der Waals surface area contributed by atoms with Crippen molar-refractivity contribution in [3.05, 3.63) is 23.8 Å². The number of aliphatic hydroxyl groups is 1. The quantitative estimate of drug-likeness (QED) is 0.359. The molecule has 0 aromatic heterocycles. The maximum absolute atomic E-state index is 11.7. The highest BCUT2D eigenvalue weighted by Crippen LogP contribution is 2.27. The lowest BCUT2D eigenvalue weighted by molar-refractivity contribution is -0.144. The van der Waals surface area contributed by atoms with Crippen molar-refractivity contribution in [2.24, 2.45) is 0 Å². The molecule has 0 spiro atoms. The topological polar surface area (TPSA) is 156 Å². The van der Waals surface area contributed by atoms with Crippen LogP contribution in [0.2, 0.25) is 0 Å². The van der Waals surface area contributed by atoms with E-state index in [2.05, 4.69) is 5.32 Å². The van der Waals surface area contributed by atoms with Crippen molar-refractivity contribution < 1.29 is 34.8 Å². The lowest BCUT2D eigenvalue weighted by Crippen LogP contribution is -2.50. The molecule has 0 aliphatic carbocycles. The second-order valence-electron chi connectivity index (χ2n) is 4.48. The van der Waals surface area contributed by atoms with Gasteiger partial charge in [-0.15, -0.1) is 0 Å². The highest BCUT2D eigenvalue weighted by atomic mass is 16.4. The summed E-state index contributed by atoms with van der Waals surface area (Å²) in [6, 6.07) is 2.24. The predicted octanol–water partition coefficient (Wildman–Crippen LogP) is -1.22. The van der Waals surface area contributed by atoms with E-state index in [1.54, 1.807) is 0 Å². The largest absolute Gasteiger partial charge is 0.504 e. The number of phenolic OH excluding ortho intramolecular Hbond substituents is 2. The third-order valence-corrected chi connectivity index (χ3v) is 2.73. The summed E-state index contributed by atoms with van der Waals surface area (Å²) in [6.45, 7) is 0.632. The number of rotatable bonds is 6. The van der Waals surface area contributed by atoms with E-state index in [1.165, 1.54) is 25.1 Å². The van der Waals surface area contributed by atoms with Gasteiger partial charge in [-0.1, -0.05) is 6.07 Å². The molecule has 2 atom stereocenters. The van der Waals surface area contributed by atoms with Gasteiger partial charge in [0.1, 0.15) is 0 Å². The normalized spacial score (nSPS) is 13.0. The van der Waals surface area contributed by atoms with E-state index in [9.17, 15) is 29.7 Å². The van der Waals surface area contributed by atoms with Gasteiger partial charge in [-0.25, -0.2) is 4.79 Å². The van der Waals surface area contributed by atoms with Crippen LogP contribution in [0.15, 0.2) is 18.2 Å². The molecule has 9 heteroatoms. The number of phenols is 2. The van der Waals surface area contributed by atoms with E-state index < -0.39 is 48.0 Å². The number of amides is 2. The third kappa shape index (κ3) is 4.35. The van der Waals surface area contributed by atoms with Gasteiger partial charge in [-0.05, 0) is 19.1 Å². The zero-order valence-corrected chi connectivity index (χ0v) is 11.6. The van der Waals surface area contributed by atoms with Crippen LogP contribution in [0.1, 0.15) is 17.3 Å². The van der Waals surface area contributed by atoms with Gasteiger partial charge < -0.3 is 31.1 Å². The van der Waals surface area contributed by atoms with Crippen LogP contribution in [0.5, 0.6) is 11.5 Å². The van der Waals surface area contributed by atoms with Crippen LogP contribution in [0.3, 0.4) is 0 Å². The second kappa shape index (κ2) is 7.27. The number of aliphatic carboxylic acids is 1. The number of carbonyl (C=O) groups is 3. The van der Waals surface area contributed by atoms with Crippen LogP contribution in [0.25, 0.3) is 0 Å². The SMILES string of the molecule is C[C@H](O)[C@@H](NC(=O)CNC(=O)c1cccc(O)c1O)C(=O)O. The fourth-order valence-electron chi connectivity index (χ4n) is 1.58. The Morgan fingerprint density at radius 1 is 1.23 bits per heavy atom. The number of carboxylic acids is 1. The Balaban J connectivity index is 2.62. The van der Waals surface area contributed by atoms with Crippen molar-refractivity contribution in [3.63, 3.8) is 0 Å². The molecule has 0 heterocycles. The molecule has 0 saturated heterocycles. The smallest absolute Gasteiger partial charge is 0.328 e. The first-order chi connectivity index (χ1) is 10.2. The van der Waals surface area contributed by atoms with Crippen molar-refractivity contribution in [1.82, 2.24) is 10.6 Å². The molecule has 2 amide bonds. The first-order valence-electron chi connectivity index (χ1n) is 6.23. The molecule has 0 aliphatic heterocycles. The van der Waals surface area contributed by atoms with Crippen LogP contribution in [0, 0.1) is 0 Å². The lowest BCUT2D eigenvalue weighted by Gasteiger charge is -2.17. The Hall–Kier alpha value is -2.81. The summed E-state index contributed by atoms with van der Waals surface area (Å²) in [7, 11) is 0. The van der Waals surface area contributed by atoms with E-state index >= 15 is 0 Å². The number of hydrogen-bond acceptors (Lipinski definition) is 6. The Morgan fingerprint density at radius 3 is 2.41 bits per heavy atom. The van der Waals surface area contributed by atoms with Gasteiger partial charge >= 0.3 is 5.97 Å². The van der Waals surface area contributed by atoms with E-state index in [0.717, 1.165) is 0 Å². The van der Waals surface area contributed by atoms with Gasteiger partial charge in [0, 0.05) is 0 Å². The summed E-state index contributed by atoms with van der Waals surface area (Å²) in [6.07, 6.45) is -1.31. The number of nitrogens with one attached hydrogen (secondary N) is 2. The first-order valence-corrected chi connectivity index (χ1v) is 6.23. The highest BCUT2D eigenvalue weighted by molar-refractivity contribution is 5.99. The van der Waals surface area contributed by atoms with E-state index in [-0.39, 0.29) is 5.56 Å². The molecule has 1 aromatic rings. The minimum atomic E-state index is -1.50. The lowest BCUT2D eigenvalue weighted by atomic mass is 10.1. The number of hydrogen-bond donors (Lipinski definition) is 6. The molecule has 0 fully saturated rings. The van der Waals surface area contributed by atoms with E-state index in [1.807, 2.05) is 5.32 Å². The molecule has 1 rings (SSSR count). The number of carbonyl (C=O) groups excluding carboxylic acids is 2. The average Bonchev–Trinajstić information content (AvgIpc) is 2.44. The molecule has 0 bridgehead atoms. The minimum absolute atomic E-state index is 0.238. The van der Waals surface area contributed by atoms with Gasteiger partial charge in [-0.2, -0.15) is 0 Å². The summed E-state index contributed by atoms with van der Waals surface area (Å²) in [5, 5.41) is 41.0. The van der Waals surface area contributed by atoms with Crippen molar-refractivity contribution in [2.45, 2.75) is 19.1 Å². The molecule has 0 unspecified atom stereocenters. The molecule has 0 aliphatic rings. The fourth-order valence-corrected chi connectivity index (χ4v) is 1.58. The molecule has 9 nitrogen and oxygen atoms in total. The molecular weight excluding hydrogens is 296 g/mol. The Morgan fingerprint density at radius 2 is 1.86 bits per heavy atom. The Kier molecular flexibility index (Phi) is 5.70. The number of para-hydroxylation sites is 1. The molecule has 0 radical (unpaired) electrons. The highest BCUT2D eigenvalue weighted by Gasteiger charge is 2.25. The standard InChI is InChI=1S/C13H16N2O7/c1-6(16)10(13(21)22)15-9(18)5-14-12(20)7-3-2-4-8(17)11(7)19/h2-4,6,10,16-17,19H,5H2,1H3,(H,14,20)(H,15,18)(H,21,22)/t6-,10+/m0/s1. The minimum Gasteiger partial charge on any atom is -0.504 e. The van der Waals surface area contributed by atoms with Gasteiger partial charge in [0.05, 0.1) is 18.2 Å². The Labute approximate surface area is 125 Å². The third-order valence-electron chi connectivity index (χ3n) is 2.73. The van der Waals surface area contributed by atoms with Crippen molar-refractivity contribution in [1.29, 1.82) is 0 Å². The van der Waals surface area contributed by atoms with Crippen LogP contribution in [-0.2, 0) is 9.59 Å². The maximum atomic E-state index is 11.7. The fraction of sp³-hybridized carbons (Fsp3) is 0.308. The van der Waals surface area contributed by atoms with Gasteiger partial charge in [0.2, 0.25) is 5.91 Å². The number of aliphatic hydroxyl groups excluding tert-OH is 1. The second-order valence-corrected chi connectivity index (χ2v) is 4.48. The van der Waals surface area contributed by atoms with Gasteiger partial charge in [0.25, 0.3) is 5.91 Å². The summed E-state index contributed by atoms with van der Waals surface area (Å²) in [5.41, 5.74) is -0.238. The zero-order valence-electron chi connectivity index (χ0n) is 11.6. The molecule has 120 valence electrons. The zero-order chi connectivity index (χ0) is 16.9. The molecule has 6 N–H and O–H groups in total. The Bertz CT molecular complexity index is 586. The summed E-state index contributed by atoms with van der Waals surface area (Å²) in [5.74, 6) is -4.20. The number of carboxylic acid groups (broad SMARTS) is 1. The number of aromatic hydroxyl groups is 2. The maximum Gasteiger partial charge on any atom is 0.328 e. The summed E-state index contributed by atoms with van der Waals surface area (Å²) < 4.78 is 0. The van der Waals surface area contributed by atoms with Crippen molar-refractivity contribution in [3.8, 4) is 11.5 Å². The predicted molar refractivity (Wildman–Crippen MR) is 73.4 cm³/mol. The molecular formula is C13H16N2O7. The summed E-state index contributed by atoms with van der Waals surface area (Å²) >= 11 is 0. The van der Waals surface area contributed by atoms with Crippen LogP contribution < -0.4 is 10.6 Å². The summed E-state index contributed by atoms with van der Waals surface area (Å²) in [4.78, 5) is 34.1. The van der Waals surface area contributed by atoms with Crippen molar-refractivity contribution >= 4 is 17.8 Å². The van der Waals surface area contributed by atoms with Crippen LogP contribution in [0.4, 0.5) is 0 Å².